The number of amides is 1. The molecule has 21 heavy (non-hydrogen) atoms. The van der Waals surface area contributed by atoms with E-state index >= 15 is 0 Å². The lowest BCUT2D eigenvalue weighted by Crippen LogP contribution is -2.50. The van der Waals surface area contributed by atoms with Crippen LogP contribution in [0.3, 0.4) is 0 Å². The summed E-state index contributed by atoms with van der Waals surface area (Å²) < 4.78 is 5.65. The minimum atomic E-state index is -0.325. The van der Waals surface area contributed by atoms with E-state index in [1.165, 1.54) is 0 Å². The minimum Gasteiger partial charge on any atom is -0.384 e. The number of rotatable bonds is 1. The van der Waals surface area contributed by atoms with E-state index in [1.54, 1.807) is 0 Å². The second-order valence-corrected chi connectivity index (χ2v) is 5.84. The fraction of sp³-hybridized carbons (Fsp3) is 0.471. The molecule has 1 amide bonds. The van der Waals surface area contributed by atoms with E-state index in [2.05, 4.69) is 11.8 Å². The summed E-state index contributed by atoms with van der Waals surface area (Å²) in [6.45, 7) is 7.39. The summed E-state index contributed by atoms with van der Waals surface area (Å²) in [6.07, 6.45) is 0. The topological polar surface area (TPSA) is 49.8 Å². The van der Waals surface area contributed by atoms with Crippen molar-refractivity contribution in [3.05, 3.63) is 34.9 Å². The normalized spacial score (nSPS) is 17.0. The SMILES string of the molecule is Cc1ccc(C#CCO)c(C(=O)N2CCOC(C)(C)C2)c1. The van der Waals surface area contributed by atoms with Gasteiger partial charge in [0.25, 0.3) is 5.91 Å². The molecule has 0 aliphatic carbocycles. The van der Waals surface area contributed by atoms with Crippen molar-refractivity contribution >= 4 is 5.91 Å². The van der Waals surface area contributed by atoms with Crippen LogP contribution in [0, 0.1) is 18.8 Å². The van der Waals surface area contributed by atoms with Crippen LogP contribution in [0.25, 0.3) is 0 Å². The highest BCUT2D eigenvalue weighted by Gasteiger charge is 2.31. The molecule has 0 saturated carbocycles. The van der Waals surface area contributed by atoms with Gasteiger partial charge in [-0.2, -0.15) is 0 Å². The summed E-state index contributed by atoms with van der Waals surface area (Å²) in [7, 11) is 0. The highest BCUT2D eigenvalue weighted by Crippen LogP contribution is 2.20. The van der Waals surface area contributed by atoms with Gasteiger partial charge in [0.1, 0.15) is 6.61 Å². The Labute approximate surface area is 125 Å². The lowest BCUT2D eigenvalue weighted by Gasteiger charge is -2.38. The number of carbonyl (C=O) groups excluding carboxylic acids is 1. The molecule has 4 nitrogen and oxygen atoms in total. The van der Waals surface area contributed by atoms with Crippen LogP contribution in [-0.2, 0) is 4.74 Å². The van der Waals surface area contributed by atoms with Crippen molar-refractivity contribution in [1.29, 1.82) is 0 Å². The molecule has 0 aromatic heterocycles. The van der Waals surface area contributed by atoms with Gasteiger partial charge in [-0.15, -0.1) is 0 Å². The number of hydrogen-bond acceptors (Lipinski definition) is 3. The molecule has 0 unspecified atom stereocenters. The number of ether oxygens (including phenoxy) is 1. The average molecular weight is 287 g/mol. The van der Waals surface area contributed by atoms with E-state index in [0.717, 1.165) is 5.56 Å². The standard InChI is InChI=1S/C17H21NO3/c1-13-6-7-14(5-4-9-19)15(11-13)16(20)18-8-10-21-17(2,3)12-18/h6-7,11,19H,8-10,12H2,1-3H3. The number of hydrogen-bond donors (Lipinski definition) is 1. The van der Waals surface area contributed by atoms with Crippen molar-refractivity contribution < 1.29 is 14.6 Å². The third-order valence-electron chi connectivity index (χ3n) is 3.42. The van der Waals surface area contributed by atoms with Gasteiger partial charge in [-0.25, -0.2) is 0 Å². The molecule has 1 fully saturated rings. The van der Waals surface area contributed by atoms with Gasteiger partial charge >= 0.3 is 0 Å². The van der Waals surface area contributed by atoms with Gasteiger partial charge in [0.15, 0.2) is 0 Å². The molecule has 1 N–H and O–H groups in total. The molecule has 1 aliphatic rings. The maximum absolute atomic E-state index is 12.8. The Morgan fingerprint density at radius 3 is 2.90 bits per heavy atom. The van der Waals surface area contributed by atoms with Crippen molar-refractivity contribution in [3.63, 3.8) is 0 Å². The first-order valence-electron chi connectivity index (χ1n) is 7.06. The van der Waals surface area contributed by atoms with Crippen molar-refractivity contribution in [3.8, 4) is 11.8 Å². The Morgan fingerprint density at radius 2 is 2.24 bits per heavy atom. The fourth-order valence-electron chi connectivity index (χ4n) is 2.44. The third-order valence-corrected chi connectivity index (χ3v) is 3.42. The van der Waals surface area contributed by atoms with Gasteiger partial charge in [-0.1, -0.05) is 23.5 Å². The molecule has 0 radical (unpaired) electrons. The van der Waals surface area contributed by atoms with Gasteiger partial charge in [-0.3, -0.25) is 4.79 Å². The number of aliphatic hydroxyl groups is 1. The maximum atomic E-state index is 12.8. The van der Waals surface area contributed by atoms with Crippen LogP contribution in [0.1, 0.15) is 35.3 Å². The molecule has 4 heteroatoms. The lowest BCUT2D eigenvalue weighted by atomic mass is 10.0. The van der Waals surface area contributed by atoms with Gasteiger partial charge in [0, 0.05) is 18.7 Å². The first-order chi connectivity index (χ1) is 9.93. The Balaban J connectivity index is 2.31. The van der Waals surface area contributed by atoms with E-state index in [0.29, 0.717) is 30.8 Å². The number of morpholine rings is 1. The highest BCUT2D eigenvalue weighted by atomic mass is 16.5. The summed E-state index contributed by atoms with van der Waals surface area (Å²) in [6, 6.07) is 5.60. The van der Waals surface area contributed by atoms with E-state index in [9.17, 15) is 4.79 Å². The maximum Gasteiger partial charge on any atom is 0.255 e. The van der Waals surface area contributed by atoms with Crippen LogP contribution >= 0.6 is 0 Å². The number of aliphatic hydroxyl groups excluding tert-OH is 1. The Bertz CT molecular complexity index is 596. The highest BCUT2D eigenvalue weighted by molar-refractivity contribution is 5.97. The summed E-state index contributed by atoms with van der Waals surface area (Å²) in [5.74, 6) is 5.43. The van der Waals surface area contributed by atoms with Crippen LogP contribution in [0.5, 0.6) is 0 Å². The van der Waals surface area contributed by atoms with E-state index in [4.69, 9.17) is 9.84 Å². The van der Waals surface area contributed by atoms with Gasteiger partial charge in [0.2, 0.25) is 0 Å². The molecule has 0 bridgehead atoms. The quantitative estimate of drug-likeness (QED) is 0.798. The van der Waals surface area contributed by atoms with E-state index in [1.807, 2.05) is 43.9 Å². The molecule has 0 atom stereocenters. The number of benzene rings is 1. The van der Waals surface area contributed by atoms with Crippen LogP contribution < -0.4 is 0 Å². The van der Waals surface area contributed by atoms with Crippen LogP contribution in [0.2, 0.25) is 0 Å². The van der Waals surface area contributed by atoms with Crippen molar-refractivity contribution in [1.82, 2.24) is 4.90 Å². The lowest BCUT2D eigenvalue weighted by molar-refractivity contribution is -0.0764. The van der Waals surface area contributed by atoms with Crippen LogP contribution in [0.4, 0.5) is 0 Å². The van der Waals surface area contributed by atoms with Crippen LogP contribution in [-0.4, -0.2) is 47.8 Å². The number of aryl methyl sites for hydroxylation is 1. The van der Waals surface area contributed by atoms with E-state index in [-0.39, 0.29) is 18.1 Å². The Morgan fingerprint density at radius 1 is 1.48 bits per heavy atom. The summed E-state index contributed by atoms with van der Waals surface area (Å²) in [5.41, 5.74) is 1.94. The Hall–Kier alpha value is -1.83. The molecule has 1 aromatic rings. The smallest absolute Gasteiger partial charge is 0.255 e. The molecule has 1 heterocycles. The molecule has 0 spiro atoms. The predicted octanol–water partition coefficient (Wildman–Crippen LogP) is 1.59. The number of carbonyl (C=O) groups is 1. The summed E-state index contributed by atoms with van der Waals surface area (Å²) >= 11 is 0. The largest absolute Gasteiger partial charge is 0.384 e. The Kier molecular flexibility index (Phi) is 4.66. The summed E-state index contributed by atoms with van der Waals surface area (Å²) in [5, 5.41) is 8.84. The molecule has 112 valence electrons. The minimum absolute atomic E-state index is 0.0303. The van der Waals surface area contributed by atoms with Crippen LogP contribution in [0.15, 0.2) is 18.2 Å². The molecule has 1 aliphatic heterocycles. The first-order valence-corrected chi connectivity index (χ1v) is 7.06. The predicted molar refractivity (Wildman–Crippen MR) is 81.1 cm³/mol. The average Bonchev–Trinajstić information content (AvgIpc) is 2.44. The van der Waals surface area contributed by atoms with Crippen molar-refractivity contribution in [2.45, 2.75) is 26.4 Å². The molecule has 2 rings (SSSR count). The fourth-order valence-corrected chi connectivity index (χ4v) is 2.44. The second-order valence-electron chi connectivity index (χ2n) is 5.84. The van der Waals surface area contributed by atoms with Crippen molar-refractivity contribution in [2.24, 2.45) is 0 Å². The zero-order valence-corrected chi connectivity index (χ0v) is 12.8. The third kappa shape index (κ3) is 3.84. The zero-order valence-electron chi connectivity index (χ0n) is 12.8. The second kappa shape index (κ2) is 6.30. The molecular weight excluding hydrogens is 266 g/mol. The zero-order chi connectivity index (χ0) is 15.5. The van der Waals surface area contributed by atoms with Gasteiger partial charge in [0.05, 0.1) is 17.8 Å². The molecule has 1 aromatic carbocycles. The molecule has 1 saturated heterocycles. The van der Waals surface area contributed by atoms with Gasteiger partial charge in [-0.05, 0) is 32.9 Å². The monoisotopic (exact) mass is 287 g/mol. The first kappa shape index (κ1) is 15.6. The van der Waals surface area contributed by atoms with E-state index < -0.39 is 0 Å². The van der Waals surface area contributed by atoms with Gasteiger partial charge < -0.3 is 14.7 Å². The molecular formula is C17H21NO3. The number of nitrogens with zero attached hydrogens (tertiary/aromatic N) is 1. The summed E-state index contributed by atoms with van der Waals surface area (Å²) in [4.78, 5) is 14.6. The van der Waals surface area contributed by atoms with Crippen molar-refractivity contribution in [2.75, 3.05) is 26.3 Å².